The van der Waals surface area contributed by atoms with Crippen molar-refractivity contribution in [2.75, 3.05) is 0 Å². The molecule has 1 aliphatic rings. The van der Waals surface area contributed by atoms with E-state index in [0.29, 0.717) is 23.6 Å². The zero-order chi connectivity index (χ0) is 24.5. The van der Waals surface area contributed by atoms with E-state index in [0.717, 1.165) is 40.0 Å². The van der Waals surface area contributed by atoms with Crippen molar-refractivity contribution in [1.29, 1.82) is 0 Å². The zero-order valence-corrected chi connectivity index (χ0v) is 18.4. The highest BCUT2D eigenvalue weighted by Gasteiger charge is 2.38. The standard InChI is InChI=1S/C21H21N5O.C2HF3O2/c1-12(2)9-19-25-26-21(27-19)14-5-6-18-15(10-14)16(11-23-18)20-22-8-7-17(24-20)13-3-4-13;3-2(4,5)1(6)7/h5-8,10-13,23H,3-4,9H2,1-2H3;(H,6,7). The number of halogens is 3. The van der Waals surface area contributed by atoms with E-state index in [1.807, 2.05) is 30.6 Å². The molecule has 2 N–H and O–H groups in total. The molecule has 11 heteroatoms. The molecule has 1 aliphatic carbocycles. The number of rotatable bonds is 5. The Hall–Kier alpha value is -3.76. The van der Waals surface area contributed by atoms with E-state index in [1.165, 1.54) is 12.8 Å². The lowest BCUT2D eigenvalue weighted by molar-refractivity contribution is -0.192. The predicted molar refractivity (Wildman–Crippen MR) is 117 cm³/mol. The summed E-state index contributed by atoms with van der Waals surface area (Å²) >= 11 is 0. The molecule has 0 bridgehead atoms. The number of nitrogens with one attached hydrogen (secondary N) is 1. The van der Waals surface area contributed by atoms with Crippen molar-refractivity contribution in [2.45, 2.75) is 45.2 Å². The van der Waals surface area contributed by atoms with Gasteiger partial charge in [0.2, 0.25) is 11.8 Å². The molecular formula is C23H22F3N5O3. The van der Waals surface area contributed by atoms with Gasteiger partial charge in [0.1, 0.15) is 0 Å². The van der Waals surface area contributed by atoms with Crippen molar-refractivity contribution in [3.05, 3.63) is 48.2 Å². The molecular weight excluding hydrogens is 451 g/mol. The van der Waals surface area contributed by atoms with Crippen LogP contribution in [-0.4, -0.2) is 42.4 Å². The van der Waals surface area contributed by atoms with Gasteiger partial charge in [-0.15, -0.1) is 10.2 Å². The summed E-state index contributed by atoms with van der Waals surface area (Å²) in [6, 6.07) is 8.12. The molecule has 5 rings (SSSR count). The number of aromatic amines is 1. The minimum atomic E-state index is -5.08. The van der Waals surface area contributed by atoms with Crippen LogP contribution in [0.3, 0.4) is 0 Å². The Morgan fingerprint density at radius 3 is 2.62 bits per heavy atom. The summed E-state index contributed by atoms with van der Waals surface area (Å²) in [5.74, 6) is 0.307. The maximum Gasteiger partial charge on any atom is 0.490 e. The molecule has 0 spiro atoms. The first-order chi connectivity index (χ1) is 16.1. The maximum absolute atomic E-state index is 10.6. The number of hydrogen-bond donors (Lipinski definition) is 2. The fourth-order valence-electron chi connectivity index (χ4n) is 3.35. The first-order valence-corrected chi connectivity index (χ1v) is 10.7. The van der Waals surface area contributed by atoms with E-state index in [-0.39, 0.29) is 0 Å². The summed E-state index contributed by atoms with van der Waals surface area (Å²) in [7, 11) is 0. The molecule has 4 aromatic rings. The Labute approximate surface area is 192 Å². The molecule has 1 saturated carbocycles. The van der Waals surface area contributed by atoms with Crippen molar-refractivity contribution in [3.63, 3.8) is 0 Å². The first kappa shape index (κ1) is 23.4. The Kier molecular flexibility index (Phi) is 6.36. The van der Waals surface area contributed by atoms with Crippen LogP contribution >= 0.6 is 0 Å². The van der Waals surface area contributed by atoms with Crippen LogP contribution in [0.5, 0.6) is 0 Å². The minimum absolute atomic E-state index is 0.480. The second kappa shape index (κ2) is 9.24. The molecule has 0 saturated heterocycles. The highest BCUT2D eigenvalue weighted by atomic mass is 19.4. The molecule has 0 atom stereocenters. The Bertz CT molecular complexity index is 1310. The van der Waals surface area contributed by atoms with Gasteiger partial charge in [-0.25, -0.2) is 14.8 Å². The molecule has 3 aromatic heterocycles. The van der Waals surface area contributed by atoms with Crippen LogP contribution in [0.4, 0.5) is 13.2 Å². The van der Waals surface area contributed by atoms with Crippen LogP contribution in [-0.2, 0) is 11.2 Å². The molecule has 34 heavy (non-hydrogen) atoms. The molecule has 178 valence electrons. The lowest BCUT2D eigenvalue weighted by Crippen LogP contribution is -2.21. The second-order valence-electron chi connectivity index (χ2n) is 8.44. The minimum Gasteiger partial charge on any atom is -0.475 e. The SMILES string of the molecule is CC(C)Cc1nnc(-c2ccc3[nH]cc(-c4nccc(C5CC5)n4)c3c2)o1.O=C(O)C(F)(F)F. The number of aliphatic carboxylic acids is 1. The van der Waals surface area contributed by atoms with Gasteiger partial charge in [-0.05, 0) is 43.0 Å². The second-order valence-corrected chi connectivity index (χ2v) is 8.44. The van der Waals surface area contributed by atoms with Gasteiger partial charge in [-0.2, -0.15) is 13.2 Å². The average Bonchev–Trinajstić information content (AvgIpc) is 3.39. The normalized spacial score (nSPS) is 13.7. The molecule has 0 unspecified atom stereocenters. The van der Waals surface area contributed by atoms with Gasteiger partial charge in [0.15, 0.2) is 5.82 Å². The number of benzene rings is 1. The monoisotopic (exact) mass is 473 g/mol. The Balaban J connectivity index is 0.000000344. The summed E-state index contributed by atoms with van der Waals surface area (Å²) in [4.78, 5) is 21.5. The number of hydrogen-bond acceptors (Lipinski definition) is 6. The average molecular weight is 473 g/mol. The third-order valence-corrected chi connectivity index (χ3v) is 5.13. The van der Waals surface area contributed by atoms with Crippen molar-refractivity contribution in [3.8, 4) is 22.8 Å². The highest BCUT2D eigenvalue weighted by molar-refractivity contribution is 5.96. The van der Waals surface area contributed by atoms with Crippen LogP contribution in [0.15, 0.2) is 41.1 Å². The molecule has 0 aliphatic heterocycles. The molecule has 8 nitrogen and oxygen atoms in total. The van der Waals surface area contributed by atoms with Crippen LogP contribution < -0.4 is 0 Å². The van der Waals surface area contributed by atoms with Crippen LogP contribution in [0, 0.1) is 5.92 Å². The first-order valence-electron chi connectivity index (χ1n) is 10.7. The van der Waals surface area contributed by atoms with Gasteiger partial charge in [-0.1, -0.05) is 13.8 Å². The smallest absolute Gasteiger partial charge is 0.475 e. The third-order valence-electron chi connectivity index (χ3n) is 5.13. The van der Waals surface area contributed by atoms with Gasteiger partial charge in [0.05, 0.1) is 0 Å². The summed E-state index contributed by atoms with van der Waals surface area (Å²) < 4.78 is 37.6. The van der Waals surface area contributed by atoms with Crippen molar-refractivity contribution in [2.24, 2.45) is 5.92 Å². The highest BCUT2D eigenvalue weighted by Crippen LogP contribution is 2.39. The molecule has 1 aromatic carbocycles. The van der Waals surface area contributed by atoms with Gasteiger partial charge in [-0.3, -0.25) is 0 Å². The van der Waals surface area contributed by atoms with Gasteiger partial charge < -0.3 is 14.5 Å². The number of carboxylic acid groups (broad SMARTS) is 1. The fraction of sp³-hybridized carbons (Fsp3) is 0.348. The van der Waals surface area contributed by atoms with Crippen molar-refractivity contribution < 1.29 is 27.5 Å². The topological polar surface area (TPSA) is 118 Å². The fourth-order valence-corrected chi connectivity index (χ4v) is 3.35. The predicted octanol–water partition coefficient (Wildman–Crippen LogP) is 5.38. The number of alkyl halides is 3. The van der Waals surface area contributed by atoms with E-state index >= 15 is 0 Å². The number of H-pyrrole nitrogens is 1. The van der Waals surface area contributed by atoms with Crippen LogP contribution in [0.1, 0.15) is 44.2 Å². The van der Waals surface area contributed by atoms with E-state index in [2.05, 4.69) is 40.1 Å². The van der Waals surface area contributed by atoms with E-state index in [1.54, 1.807) is 0 Å². The number of aromatic nitrogens is 5. The lowest BCUT2D eigenvalue weighted by Gasteiger charge is -2.02. The maximum atomic E-state index is 10.6. The summed E-state index contributed by atoms with van der Waals surface area (Å²) in [5, 5.41) is 16.6. The lowest BCUT2D eigenvalue weighted by atomic mass is 10.1. The van der Waals surface area contributed by atoms with Crippen LogP contribution in [0.25, 0.3) is 33.7 Å². The van der Waals surface area contributed by atoms with Gasteiger partial charge >= 0.3 is 12.1 Å². The van der Waals surface area contributed by atoms with Crippen molar-refractivity contribution >= 4 is 16.9 Å². The number of carbonyl (C=O) groups is 1. The number of carboxylic acids is 1. The molecule has 3 heterocycles. The van der Waals surface area contributed by atoms with Crippen LogP contribution in [0.2, 0.25) is 0 Å². The van der Waals surface area contributed by atoms with E-state index in [4.69, 9.17) is 19.3 Å². The Morgan fingerprint density at radius 1 is 1.24 bits per heavy atom. The number of nitrogens with zero attached hydrogens (tertiary/aromatic N) is 4. The Morgan fingerprint density at radius 2 is 1.97 bits per heavy atom. The van der Waals surface area contributed by atoms with E-state index in [9.17, 15) is 13.2 Å². The van der Waals surface area contributed by atoms with Crippen molar-refractivity contribution in [1.82, 2.24) is 25.1 Å². The summed E-state index contributed by atoms with van der Waals surface area (Å²) in [5.41, 5.74) is 4.08. The quantitative estimate of drug-likeness (QED) is 0.399. The molecule has 1 fully saturated rings. The molecule has 0 amide bonds. The number of fused-ring (bicyclic) bond motifs is 1. The summed E-state index contributed by atoms with van der Waals surface area (Å²) in [6.07, 6.45) is 1.98. The van der Waals surface area contributed by atoms with Gasteiger partial charge in [0.25, 0.3) is 0 Å². The summed E-state index contributed by atoms with van der Waals surface area (Å²) in [6.45, 7) is 4.27. The van der Waals surface area contributed by atoms with E-state index < -0.39 is 12.1 Å². The largest absolute Gasteiger partial charge is 0.490 e. The molecule has 0 radical (unpaired) electrons. The zero-order valence-electron chi connectivity index (χ0n) is 18.4. The van der Waals surface area contributed by atoms with Gasteiger partial charge in [0, 0.05) is 52.5 Å². The third kappa shape index (κ3) is 5.41.